The van der Waals surface area contributed by atoms with Crippen LogP contribution in [0.15, 0.2) is 35.5 Å². The number of ether oxygens (including phenoxy) is 1. The highest BCUT2D eigenvalue weighted by Gasteiger charge is 2.44. The first-order chi connectivity index (χ1) is 13.6. The molecule has 0 aromatic heterocycles. The normalized spacial score (nSPS) is 19.4. The molecule has 0 spiro atoms. The zero-order valence-electron chi connectivity index (χ0n) is 15.1. The summed E-state index contributed by atoms with van der Waals surface area (Å²) in [5.41, 5.74) is -1.78. The van der Waals surface area contributed by atoms with Crippen molar-refractivity contribution < 1.29 is 37.1 Å². The largest absolute Gasteiger partial charge is 0.465 e. The van der Waals surface area contributed by atoms with E-state index in [1.807, 2.05) is 0 Å². The predicted octanol–water partition coefficient (Wildman–Crippen LogP) is 0.844. The molecule has 1 saturated heterocycles. The lowest BCUT2D eigenvalue weighted by Gasteiger charge is -2.40. The molecule has 0 saturated carbocycles. The second-order valence-corrected chi connectivity index (χ2v) is 6.38. The van der Waals surface area contributed by atoms with Crippen molar-refractivity contribution in [3.05, 3.63) is 41.1 Å². The quantitative estimate of drug-likeness (QED) is 0.564. The molecule has 2 aliphatic rings. The SMILES string of the molecule is COC(=O)C1=C2C(=O)NCCN2C(C(=O)Nc2cccc(C(F)(F)F)c2)CC1=O. The standard InChI is InChI=1S/C18H16F3N3O5/c1-29-17(28)13-12(25)8-11(24-6-5-22-16(27)14(13)24)15(26)23-10-4-2-3-9(7-10)18(19,20)21/h2-4,7,11H,5-6,8H2,1H3,(H,22,27)(H,23,26). The fourth-order valence-electron chi connectivity index (χ4n) is 3.25. The zero-order valence-corrected chi connectivity index (χ0v) is 15.1. The Hall–Kier alpha value is -3.37. The van der Waals surface area contributed by atoms with Gasteiger partial charge in [0.05, 0.1) is 12.7 Å². The number of nitrogens with zero attached hydrogens (tertiary/aromatic N) is 1. The third-order valence-corrected chi connectivity index (χ3v) is 4.56. The summed E-state index contributed by atoms with van der Waals surface area (Å²) >= 11 is 0. The van der Waals surface area contributed by atoms with Crippen molar-refractivity contribution in [1.82, 2.24) is 10.2 Å². The molecule has 2 N–H and O–H groups in total. The molecule has 2 heterocycles. The molecule has 2 aliphatic heterocycles. The number of rotatable bonds is 3. The summed E-state index contributed by atoms with van der Waals surface area (Å²) < 4.78 is 43.2. The molecule has 1 atom stereocenters. The second kappa shape index (κ2) is 7.57. The molecule has 29 heavy (non-hydrogen) atoms. The Balaban J connectivity index is 1.91. The van der Waals surface area contributed by atoms with Gasteiger partial charge in [-0.2, -0.15) is 13.2 Å². The van der Waals surface area contributed by atoms with Gasteiger partial charge in [0.15, 0.2) is 5.78 Å². The number of hydrogen-bond acceptors (Lipinski definition) is 6. The van der Waals surface area contributed by atoms with Crippen LogP contribution in [0, 0.1) is 0 Å². The van der Waals surface area contributed by atoms with Crippen LogP contribution in [0.1, 0.15) is 12.0 Å². The Kier molecular flexibility index (Phi) is 5.31. The van der Waals surface area contributed by atoms with Gasteiger partial charge in [-0.25, -0.2) is 4.79 Å². The number of nitrogens with one attached hydrogen (secondary N) is 2. The van der Waals surface area contributed by atoms with Gasteiger partial charge < -0.3 is 20.3 Å². The van der Waals surface area contributed by atoms with Gasteiger partial charge in [-0.1, -0.05) is 6.07 Å². The number of carbonyl (C=O) groups excluding carboxylic acids is 4. The molecule has 3 rings (SSSR count). The summed E-state index contributed by atoms with van der Waals surface area (Å²) in [6, 6.07) is 2.88. The first-order valence-electron chi connectivity index (χ1n) is 8.52. The van der Waals surface area contributed by atoms with Gasteiger partial charge in [0, 0.05) is 25.2 Å². The second-order valence-electron chi connectivity index (χ2n) is 6.38. The minimum Gasteiger partial charge on any atom is -0.465 e. The van der Waals surface area contributed by atoms with E-state index in [2.05, 4.69) is 15.4 Å². The highest BCUT2D eigenvalue weighted by atomic mass is 19.4. The Morgan fingerprint density at radius 2 is 2.00 bits per heavy atom. The number of anilines is 1. The van der Waals surface area contributed by atoms with Crippen molar-refractivity contribution in [2.24, 2.45) is 0 Å². The van der Waals surface area contributed by atoms with Crippen LogP contribution in [-0.4, -0.2) is 54.7 Å². The van der Waals surface area contributed by atoms with E-state index in [1.54, 1.807) is 0 Å². The molecule has 1 fully saturated rings. The number of hydrogen-bond donors (Lipinski definition) is 2. The van der Waals surface area contributed by atoms with Gasteiger partial charge in [0.25, 0.3) is 5.91 Å². The maximum Gasteiger partial charge on any atom is 0.416 e. The lowest BCUT2D eigenvalue weighted by Crippen LogP contribution is -2.57. The molecule has 1 unspecified atom stereocenters. The van der Waals surface area contributed by atoms with Gasteiger partial charge in [0.2, 0.25) is 5.91 Å². The maximum atomic E-state index is 12.9. The van der Waals surface area contributed by atoms with Crippen LogP contribution in [0.5, 0.6) is 0 Å². The number of halogens is 3. The van der Waals surface area contributed by atoms with E-state index in [9.17, 15) is 32.3 Å². The van der Waals surface area contributed by atoms with Gasteiger partial charge in [-0.15, -0.1) is 0 Å². The minimum atomic E-state index is -4.59. The highest BCUT2D eigenvalue weighted by molar-refractivity contribution is 6.24. The van der Waals surface area contributed by atoms with E-state index in [1.165, 1.54) is 11.0 Å². The van der Waals surface area contributed by atoms with Crippen LogP contribution in [0.4, 0.5) is 18.9 Å². The van der Waals surface area contributed by atoms with Crippen molar-refractivity contribution in [1.29, 1.82) is 0 Å². The van der Waals surface area contributed by atoms with Gasteiger partial charge >= 0.3 is 12.1 Å². The summed E-state index contributed by atoms with van der Waals surface area (Å²) in [5, 5.41) is 4.84. The van der Waals surface area contributed by atoms with Gasteiger partial charge in [-0.3, -0.25) is 14.4 Å². The zero-order chi connectivity index (χ0) is 21.3. The first-order valence-corrected chi connectivity index (χ1v) is 8.52. The molecule has 1 aromatic carbocycles. The van der Waals surface area contributed by atoms with Crippen LogP contribution in [0.2, 0.25) is 0 Å². The van der Waals surface area contributed by atoms with Gasteiger partial charge in [-0.05, 0) is 18.2 Å². The Labute approximate surface area is 162 Å². The van der Waals surface area contributed by atoms with Crippen molar-refractivity contribution in [3.63, 3.8) is 0 Å². The number of esters is 1. The number of fused-ring (bicyclic) bond motifs is 1. The van der Waals surface area contributed by atoms with Crippen molar-refractivity contribution in [2.75, 3.05) is 25.5 Å². The summed E-state index contributed by atoms with van der Waals surface area (Å²) in [4.78, 5) is 50.7. The Morgan fingerprint density at radius 1 is 1.28 bits per heavy atom. The molecular formula is C18H16F3N3O5. The fraction of sp³-hybridized carbons (Fsp3) is 0.333. The fourth-order valence-corrected chi connectivity index (χ4v) is 3.25. The minimum absolute atomic E-state index is 0.108. The molecule has 0 radical (unpaired) electrons. The molecule has 2 amide bonds. The lowest BCUT2D eigenvalue weighted by atomic mass is 9.92. The molecule has 0 aliphatic carbocycles. The molecule has 11 heteroatoms. The van der Waals surface area contributed by atoms with E-state index >= 15 is 0 Å². The summed E-state index contributed by atoms with van der Waals surface area (Å²) in [7, 11) is 1.06. The van der Waals surface area contributed by atoms with E-state index in [-0.39, 0.29) is 24.5 Å². The number of Topliss-reactive ketones (excluding diaryl/α,β-unsaturated/α-hetero) is 1. The van der Waals surface area contributed by atoms with Gasteiger partial charge in [0.1, 0.15) is 17.3 Å². The Morgan fingerprint density at radius 3 is 2.66 bits per heavy atom. The maximum absolute atomic E-state index is 12.9. The van der Waals surface area contributed by atoms with E-state index in [0.29, 0.717) is 0 Å². The van der Waals surface area contributed by atoms with Crippen LogP contribution in [0.3, 0.4) is 0 Å². The number of ketones is 1. The van der Waals surface area contributed by atoms with E-state index in [0.717, 1.165) is 25.3 Å². The lowest BCUT2D eigenvalue weighted by molar-refractivity contribution is -0.141. The number of carbonyl (C=O) groups is 4. The van der Waals surface area contributed by atoms with Crippen molar-refractivity contribution >= 4 is 29.3 Å². The summed E-state index contributed by atoms with van der Waals surface area (Å²) in [6.45, 7) is 0.299. The summed E-state index contributed by atoms with van der Waals surface area (Å²) in [6.07, 6.45) is -5.01. The Bertz CT molecular complexity index is 926. The van der Waals surface area contributed by atoms with Crippen molar-refractivity contribution in [3.8, 4) is 0 Å². The van der Waals surface area contributed by atoms with Crippen LogP contribution >= 0.6 is 0 Å². The predicted molar refractivity (Wildman–Crippen MR) is 92.2 cm³/mol. The summed E-state index contributed by atoms with van der Waals surface area (Å²) in [5.74, 6) is -3.23. The number of alkyl halides is 3. The molecular weight excluding hydrogens is 395 g/mol. The topological polar surface area (TPSA) is 105 Å². The highest BCUT2D eigenvalue weighted by Crippen LogP contribution is 2.32. The average Bonchev–Trinajstić information content (AvgIpc) is 2.67. The molecule has 154 valence electrons. The molecule has 1 aromatic rings. The van der Waals surface area contributed by atoms with Crippen molar-refractivity contribution in [2.45, 2.75) is 18.6 Å². The average molecular weight is 411 g/mol. The number of methoxy groups -OCH3 is 1. The van der Waals surface area contributed by atoms with Crippen LogP contribution in [0.25, 0.3) is 0 Å². The third-order valence-electron chi connectivity index (χ3n) is 4.56. The number of benzene rings is 1. The van der Waals surface area contributed by atoms with Crippen LogP contribution < -0.4 is 10.6 Å². The van der Waals surface area contributed by atoms with E-state index < -0.39 is 53.3 Å². The molecule has 0 bridgehead atoms. The first kappa shape index (κ1) is 20.4. The van der Waals surface area contributed by atoms with E-state index in [4.69, 9.17) is 0 Å². The smallest absolute Gasteiger partial charge is 0.416 e. The molecule has 8 nitrogen and oxygen atoms in total. The third kappa shape index (κ3) is 3.93. The number of amides is 2. The number of piperazine rings is 1. The van der Waals surface area contributed by atoms with Crippen LogP contribution in [-0.2, 0) is 30.1 Å². The monoisotopic (exact) mass is 411 g/mol.